The van der Waals surface area contributed by atoms with Crippen LogP contribution in [-0.2, 0) is 0 Å². The van der Waals surface area contributed by atoms with E-state index in [4.69, 9.17) is 4.42 Å². The van der Waals surface area contributed by atoms with E-state index in [0.717, 1.165) is 11.7 Å². The molecular weight excluding hydrogens is 148 g/mol. The Hall–Kier alpha value is -0.720. The topological polar surface area (TPSA) is 13.1 Å². The van der Waals surface area contributed by atoms with Crippen molar-refractivity contribution >= 4 is 0 Å². The highest BCUT2D eigenvalue weighted by Gasteiger charge is 2.18. The summed E-state index contributed by atoms with van der Waals surface area (Å²) in [7, 11) is 0. The van der Waals surface area contributed by atoms with Crippen LogP contribution in [0.5, 0.6) is 0 Å². The maximum Gasteiger partial charge on any atom is 0.100 e. The molecule has 1 fully saturated rings. The average Bonchev–Trinajstić information content (AvgIpc) is 2.74. The van der Waals surface area contributed by atoms with Crippen molar-refractivity contribution in [1.82, 2.24) is 0 Å². The molecule has 2 rings (SSSR count). The Morgan fingerprint density at radius 2 is 2.25 bits per heavy atom. The van der Waals surface area contributed by atoms with Gasteiger partial charge in [0.25, 0.3) is 0 Å². The summed E-state index contributed by atoms with van der Waals surface area (Å²) >= 11 is 0. The molecule has 12 heavy (non-hydrogen) atoms. The minimum absolute atomic E-state index is 0.968. The fourth-order valence-corrected chi connectivity index (χ4v) is 1.18. The number of furan rings is 1. The van der Waals surface area contributed by atoms with Crippen molar-refractivity contribution in [3.63, 3.8) is 0 Å². The van der Waals surface area contributed by atoms with E-state index in [1.54, 1.807) is 6.26 Å². The number of hydrogen-bond donors (Lipinski definition) is 0. The monoisotopic (exact) mass is 166 g/mol. The smallest absolute Gasteiger partial charge is 0.100 e. The molecule has 1 aliphatic carbocycles. The zero-order valence-corrected chi connectivity index (χ0v) is 8.05. The minimum Gasteiger partial charge on any atom is -0.470 e. The molecule has 0 amide bonds. The highest BCUT2D eigenvalue weighted by Crippen LogP contribution is 2.32. The number of hydrogen-bond acceptors (Lipinski definition) is 1. The summed E-state index contributed by atoms with van der Waals surface area (Å²) in [6.07, 6.45) is 7.58. The van der Waals surface area contributed by atoms with Crippen LogP contribution < -0.4 is 0 Å². The second-order valence-electron chi connectivity index (χ2n) is 3.46. The van der Waals surface area contributed by atoms with Crippen LogP contribution in [-0.4, -0.2) is 0 Å². The van der Waals surface area contributed by atoms with Gasteiger partial charge < -0.3 is 4.42 Å². The lowest BCUT2D eigenvalue weighted by atomic mass is 10.2. The van der Waals surface area contributed by atoms with Gasteiger partial charge in [0.05, 0.1) is 6.26 Å². The Morgan fingerprint density at radius 3 is 2.42 bits per heavy atom. The Morgan fingerprint density at radius 1 is 1.50 bits per heavy atom. The molecule has 68 valence electrons. The maximum absolute atomic E-state index is 4.83. The van der Waals surface area contributed by atoms with Gasteiger partial charge in [0, 0.05) is 0 Å². The molecule has 0 N–H and O–H groups in total. The van der Waals surface area contributed by atoms with Crippen molar-refractivity contribution < 1.29 is 4.42 Å². The van der Waals surface area contributed by atoms with Gasteiger partial charge in [0.1, 0.15) is 5.76 Å². The molecule has 1 saturated carbocycles. The third-order valence-electron chi connectivity index (χ3n) is 2.06. The van der Waals surface area contributed by atoms with Gasteiger partial charge in [-0.3, -0.25) is 0 Å². The van der Waals surface area contributed by atoms with Crippen LogP contribution in [0.3, 0.4) is 0 Å². The van der Waals surface area contributed by atoms with Gasteiger partial charge in [0.15, 0.2) is 0 Å². The molecule has 0 aromatic carbocycles. The Kier molecular flexibility index (Phi) is 3.92. The minimum atomic E-state index is 0.968. The molecule has 1 heteroatoms. The summed E-state index contributed by atoms with van der Waals surface area (Å²) in [5.41, 5.74) is 0. The third-order valence-corrected chi connectivity index (χ3v) is 2.06. The van der Waals surface area contributed by atoms with E-state index in [2.05, 4.69) is 6.92 Å². The van der Waals surface area contributed by atoms with E-state index in [0.29, 0.717) is 0 Å². The molecule has 1 nitrogen and oxygen atoms in total. The van der Waals surface area contributed by atoms with Crippen molar-refractivity contribution in [3.8, 4) is 0 Å². The van der Waals surface area contributed by atoms with Crippen LogP contribution in [0, 0.1) is 12.8 Å². The molecule has 0 unspecified atom stereocenters. The van der Waals surface area contributed by atoms with E-state index >= 15 is 0 Å². The number of aryl methyl sites for hydroxylation is 1. The largest absolute Gasteiger partial charge is 0.470 e. The first-order valence-corrected chi connectivity index (χ1v) is 4.83. The highest BCUT2D eigenvalue weighted by molar-refractivity contribution is 4.93. The normalized spacial score (nSPS) is 15.2. The summed E-state index contributed by atoms with van der Waals surface area (Å²) in [6.45, 7) is 4.18. The van der Waals surface area contributed by atoms with Crippen LogP contribution in [0.1, 0.15) is 38.4 Å². The van der Waals surface area contributed by atoms with Gasteiger partial charge in [-0.15, -0.1) is 0 Å². The highest BCUT2D eigenvalue weighted by atomic mass is 16.3. The second kappa shape index (κ2) is 5.02. The lowest BCUT2D eigenvalue weighted by Gasteiger charge is -1.82. The molecule has 0 atom stereocenters. The van der Waals surface area contributed by atoms with Gasteiger partial charge >= 0.3 is 0 Å². The maximum atomic E-state index is 4.83. The van der Waals surface area contributed by atoms with Crippen LogP contribution in [0.15, 0.2) is 22.8 Å². The first kappa shape index (κ1) is 9.37. The summed E-state index contributed by atoms with van der Waals surface area (Å²) in [4.78, 5) is 0. The van der Waals surface area contributed by atoms with E-state index in [9.17, 15) is 0 Å². The molecule has 0 saturated heterocycles. The fraction of sp³-hybridized carbons (Fsp3) is 0.636. The molecule has 1 heterocycles. The van der Waals surface area contributed by atoms with Crippen LogP contribution in [0.4, 0.5) is 0 Å². The SMILES string of the molecule is CCCC1CC1.Cc1ccco1. The first-order chi connectivity index (χ1) is 5.83. The Balaban J connectivity index is 0.000000120. The Labute approximate surface area is 74.8 Å². The molecule has 1 aromatic heterocycles. The van der Waals surface area contributed by atoms with E-state index in [1.807, 2.05) is 19.1 Å². The molecule has 0 aliphatic heterocycles. The summed E-state index contributed by atoms with van der Waals surface area (Å²) < 4.78 is 4.83. The van der Waals surface area contributed by atoms with Crippen LogP contribution in [0.2, 0.25) is 0 Å². The number of rotatable bonds is 2. The first-order valence-electron chi connectivity index (χ1n) is 4.83. The van der Waals surface area contributed by atoms with Crippen LogP contribution >= 0.6 is 0 Å². The predicted molar refractivity (Wildman–Crippen MR) is 51.1 cm³/mol. The van der Waals surface area contributed by atoms with Gasteiger partial charge in [-0.1, -0.05) is 32.6 Å². The molecule has 1 aliphatic rings. The van der Waals surface area contributed by atoms with Gasteiger partial charge in [-0.2, -0.15) is 0 Å². The van der Waals surface area contributed by atoms with Crippen molar-refractivity contribution in [3.05, 3.63) is 24.2 Å². The summed E-state index contributed by atoms with van der Waals surface area (Å²) in [6, 6.07) is 3.79. The van der Waals surface area contributed by atoms with Crippen molar-refractivity contribution in [2.24, 2.45) is 5.92 Å². The van der Waals surface area contributed by atoms with E-state index in [1.165, 1.54) is 25.7 Å². The summed E-state index contributed by atoms with van der Waals surface area (Å²) in [5, 5.41) is 0. The standard InChI is InChI=1S/C6H12.C5H6O/c1-2-3-6-4-5-6;1-5-3-2-4-6-5/h6H,2-5H2,1H3;2-4H,1H3. The quantitative estimate of drug-likeness (QED) is 0.651. The van der Waals surface area contributed by atoms with Gasteiger partial charge in [-0.05, 0) is 25.0 Å². The fourth-order valence-electron chi connectivity index (χ4n) is 1.18. The zero-order chi connectivity index (χ0) is 8.81. The van der Waals surface area contributed by atoms with E-state index in [-0.39, 0.29) is 0 Å². The molecule has 0 radical (unpaired) electrons. The lowest BCUT2D eigenvalue weighted by molar-refractivity contribution is 0.534. The van der Waals surface area contributed by atoms with Crippen molar-refractivity contribution in [1.29, 1.82) is 0 Å². The average molecular weight is 166 g/mol. The van der Waals surface area contributed by atoms with Gasteiger partial charge in [0.2, 0.25) is 0 Å². The van der Waals surface area contributed by atoms with Crippen molar-refractivity contribution in [2.45, 2.75) is 39.5 Å². The second-order valence-corrected chi connectivity index (χ2v) is 3.46. The zero-order valence-electron chi connectivity index (χ0n) is 8.05. The molecule has 0 spiro atoms. The third kappa shape index (κ3) is 4.22. The van der Waals surface area contributed by atoms with E-state index < -0.39 is 0 Å². The molecular formula is C11H18O. The lowest BCUT2D eigenvalue weighted by Crippen LogP contribution is -1.68. The summed E-state index contributed by atoms with van der Waals surface area (Å²) in [5.74, 6) is 2.12. The Bertz CT molecular complexity index is 185. The molecule has 0 bridgehead atoms. The van der Waals surface area contributed by atoms with Gasteiger partial charge in [-0.25, -0.2) is 0 Å². The molecule has 1 aromatic rings. The predicted octanol–water partition coefficient (Wildman–Crippen LogP) is 3.78. The van der Waals surface area contributed by atoms with Crippen molar-refractivity contribution in [2.75, 3.05) is 0 Å². The van der Waals surface area contributed by atoms with Crippen LogP contribution in [0.25, 0.3) is 0 Å².